The molecule has 1 N–H and O–H groups in total. The van der Waals surface area contributed by atoms with Crippen LogP contribution in [0.25, 0.3) is 0 Å². The lowest BCUT2D eigenvalue weighted by atomic mass is 10.2. The molecule has 1 aliphatic rings. The minimum Gasteiger partial charge on any atom is -0.313 e. The van der Waals surface area contributed by atoms with Crippen molar-refractivity contribution in [2.24, 2.45) is 5.92 Å². The maximum absolute atomic E-state index is 12.2. The fourth-order valence-corrected chi connectivity index (χ4v) is 3.58. The normalized spacial score (nSPS) is 18.9. The molecule has 1 aromatic carbocycles. The first-order valence-electron chi connectivity index (χ1n) is 6.08. The van der Waals surface area contributed by atoms with Crippen LogP contribution in [-0.2, 0) is 10.8 Å². The molecular formula is C13H18BrNOS. The van der Waals surface area contributed by atoms with E-state index in [1.165, 1.54) is 12.8 Å². The smallest absolute Gasteiger partial charge is 0.0545 e. The van der Waals surface area contributed by atoms with Gasteiger partial charge >= 0.3 is 0 Å². The van der Waals surface area contributed by atoms with Crippen LogP contribution in [0, 0.1) is 5.92 Å². The second kappa shape index (κ2) is 6.12. The number of rotatable bonds is 6. The van der Waals surface area contributed by atoms with Crippen LogP contribution in [0.15, 0.2) is 33.6 Å². The van der Waals surface area contributed by atoms with Crippen LogP contribution >= 0.6 is 15.9 Å². The van der Waals surface area contributed by atoms with E-state index in [0.29, 0.717) is 6.04 Å². The summed E-state index contributed by atoms with van der Waals surface area (Å²) in [7, 11) is -0.887. The molecule has 2 atom stereocenters. The van der Waals surface area contributed by atoms with Crippen molar-refractivity contribution in [2.75, 3.05) is 12.3 Å². The van der Waals surface area contributed by atoms with Crippen LogP contribution in [0.3, 0.4) is 0 Å². The molecule has 2 unspecified atom stereocenters. The molecule has 0 aromatic heterocycles. The van der Waals surface area contributed by atoms with Crippen molar-refractivity contribution in [1.29, 1.82) is 0 Å². The van der Waals surface area contributed by atoms with Crippen LogP contribution < -0.4 is 5.32 Å². The predicted molar refractivity (Wildman–Crippen MR) is 75.6 cm³/mol. The standard InChI is InChI=1S/C13H18BrNOS/c1-2-15-13(10-3-4-10)9-17(16)12-7-5-11(14)6-8-12/h5-8,10,13,15H,2-4,9H2,1H3. The second-order valence-electron chi connectivity index (χ2n) is 4.47. The lowest BCUT2D eigenvalue weighted by Crippen LogP contribution is -2.35. The summed E-state index contributed by atoms with van der Waals surface area (Å²) in [5, 5.41) is 3.45. The third-order valence-corrected chi connectivity index (χ3v) is 5.05. The Morgan fingerprint density at radius 3 is 2.59 bits per heavy atom. The van der Waals surface area contributed by atoms with Crippen molar-refractivity contribution in [3.8, 4) is 0 Å². The zero-order chi connectivity index (χ0) is 12.3. The van der Waals surface area contributed by atoms with E-state index in [9.17, 15) is 4.21 Å². The molecule has 0 bridgehead atoms. The number of hydrogen-bond donors (Lipinski definition) is 1. The molecule has 2 rings (SSSR count). The zero-order valence-electron chi connectivity index (χ0n) is 9.99. The minimum atomic E-state index is -0.887. The predicted octanol–water partition coefficient (Wildman–Crippen LogP) is 2.94. The molecule has 94 valence electrons. The van der Waals surface area contributed by atoms with Crippen LogP contribution in [0.2, 0.25) is 0 Å². The Morgan fingerprint density at radius 1 is 1.41 bits per heavy atom. The van der Waals surface area contributed by atoms with E-state index < -0.39 is 10.8 Å². The van der Waals surface area contributed by atoms with Gasteiger partial charge in [0.25, 0.3) is 0 Å². The summed E-state index contributed by atoms with van der Waals surface area (Å²) in [5.74, 6) is 1.48. The highest BCUT2D eigenvalue weighted by molar-refractivity contribution is 9.10. The van der Waals surface area contributed by atoms with E-state index in [4.69, 9.17) is 0 Å². The van der Waals surface area contributed by atoms with Gasteiger partial charge in [0.2, 0.25) is 0 Å². The monoisotopic (exact) mass is 315 g/mol. The Hall–Kier alpha value is -0.190. The first-order chi connectivity index (χ1) is 8.20. The third-order valence-electron chi connectivity index (χ3n) is 3.06. The van der Waals surface area contributed by atoms with E-state index in [0.717, 1.165) is 27.6 Å². The van der Waals surface area contributed by atoms with Gasteiger partial charge in [0.05, 0.1) is 10.8 Å². The molecule has 17 heavy (non-hydrogen) atoms. The third kappa shape index (κ3) is 3.90. The molecule has 0 aliphatic heterocycles. The SMILES string of the molecule is CCNC(CS(=O)c1ccc(Br)cc1)C1CC1. The number of hydrogen-bond acceptors (Lipinski definition) is 2. The van der Waals surface area contributed by atoms with Gasteiger partial charge in [-0.1, -0.05) is 22.9 Å². The number of benzene rings is 1. The van der Waals surface area contributed by atoms with Crippen molar-refractivity contribution >= 4 is 26.7 Å². The maximum Gasteiger partial charge on any atom is 0.0545 e. The maximum atomic E-state index is 12.2. The van der Waals surface area contributed by atoms with Gasteiger partial charge in [-0.3, -0.25) is 4.21 Å². The molecule has 0 heterocycles. The summed E-state index contributed by atoms with van der Waals surface area (Å²) in [6.45, 7) is 3.07. The molecule has 0 spiro atoms. The molecule has 1 saturated carbocycles. The van der Waals surface area contributed by atoms with Gasteiger partial charge in [-0.05, 0) is 49.6 Å². The van der Waals surface area contributed by atoms with Crippen molar-refractivity contribution in [3.63, 3.8) is 0 Å². The topological polar surface area (TPSA) is 29.1 Å². The van der Waals surface area contributed by atoms with Crippen molar-refractivity contribution in [3.05, 3.63) is 28.7 Å². The lowest BCUT2D eigenvalue weighted by molar-refractivity contribution is 0.514. The van der Waals surface area contributed by atoms with Gasteiger partial charge in [-0.25, -0.2) is 0 Å². The zero-order valence-corrected chi connectivity index (χ0v) is 12.4. The highest BCUT2D eigenvalue weighted by atomic mass is 79.9. The van der Waals surface area contributed by atoms with Gasteiger partial charge in [-0.15, -0.1) is 0 Å². The molecule has 0 amide bonds. The van der Waals surface area contributed by atoms with E-state index in [1.807, 2.05) is 24.3 Å². The van der Waals surface area contributed by atoms with Gasteiger partial charge in [-0.2, -0.15) is 0 Å². The molecule has 0 radical (unpaired) electrons. The van der Waals surface area contributed by atoms with Crippen LogP contribution in [0.5, 0.6) is 0 Å². The minimum absolute atomic E-state index is 0.421. The van der Waals surface area contributed by atoms with E-state index >= 15 is 0 Å². The van der Waals surface area contributed by atoms with Crippen molar-refractivity contribution < 1.29 is 4.21 Å². The van der Waals surface area contributed by atoms with Crippen LogP contribution in [0.1, 0.15) is 19.8 Å². The lowest BCUT2D eigenvalue weighted by Gasteiger charge is -2.16. The summed E-state index contributed by atoms with van der Waals surface area (Å²) >= 11 is 3.39. The molecule has 1 fully saturated rings. The van der Waals surface area contributed by atoms with Crippen LogP contribution in [0.4, 0.5) is 0 Å². The number of nitrogens with one attached hydrogen (secondary N) is 1. The summed E-state index contributed by atoms with van der Waals surface area (Å²) < 4.78 is 13.3. The quantitative estimate of drug-likeness (QED) is 0.874. The van der Waals surface area contributed by atoms with E-state index in [-0.39, 0.29) is 0 Å². The highest BCUT2D eigenvalue weighted by Crippen LogP contribution is 2.33. The summed E-state index contributed by atoms with van der Waals surface area (Å²) in [6, 6.07) is 8.20. The summed E-state index contributed by atoms with van der Waals surface area (Å²) in [6.07, 6.45) is 2.57. The molecule has 0 saturated heterocycles. The van der Waals surface area contributed by atoms with Gasteiger partial charge in [0, 0.05) is 21.2 Å². The van der Waals surface area contributed by atoms with Gasteiger partial charge in [0.15, 0.2) is 0 Å². The first kappa shape index (κ1) is 13.2. The van der Waals surface area contributed by atoms with Gasteiger partial charge in [0.1, 0.15) is 0 Å². The Balaban J connectivity index is 1.97. The molecule has 1 aromatic rings. The molecule has 1 aliphatic carbocycles. The molecule has 4 heteroatoms. The largest absolute Gasteiger partial charge is 0.313 e. The van der Waals surface area contributed by atoms with Gasteiger partial charge < -0.3 is 5.32 Å². The summed E-state index contributed by atoms with van der Waals surface area (Å²) in [5.41, 5.74) is 0. The average molecular weight is 316 g/mol. The van der Waals surface area contributed by atoms with E-state index in [1.54, 1.807) is 0 Å². The van der Waals surface area contributed by atoms with Crippen molar-refractivity contribution in [2.45, 2.75) is 30.7 Å². The number of halogens is 1. The fourth-order valence-electron chi connectivity index (χ4n) is 1.97. The highest BCUT2D eigenvalue weighted by Gasteiger charge is 2.31. The molecule has 2 nitrogen and oxygen atoms in total. The fraction of sp³-hybridized carbons (Fsp3) is 0.538. The Labute approximate surface area is 114 Å². The summed E-state index contributed by atoms with van der Waals surface area (Å²) in [4.78, 5) is 0.928. The average Bonchev–Trinajstić information content (AvgIpc) is 3.13. The van der Waals surface area contributed by atoms with E-state index in [2.05, 4.69) is 28.2 Å². The Morgan fingerprint density at radius 2 is 2.06 bits per heavy atom. The Bertz CT molecular complexity index is 389. The first-order valence-corrected chi connectivity index (χ1v) is 8.19. The Kier molecular flexibility index (Phi) is 4.77. The molecular weight excluding hydrogens is 298 g/mol. The second-order valence-corrected chi connectivity index (χ2v) is 6.88. The van der Waals surface area contributed by atoms with Crippen LogP contribution in [-0.4, -0.2) is 22.5 Å². The van der Waals surface area contributed by atoms with Crippen molar-refractivity contribution in [1.82, 2.24) is 5.32 Å².